The zero-order valence-corrected chi connectivity index (χ0v) is 8.47. The molecule has 1 unspecified atom stereocenters. The first-order valence-corrected chi connectivity index (χ1v) is 5.29. The van der Waals surface area contributed by atoms with E-state index in [1.54, 1.807) is 0 Å². The van der Waals surface area contributed by atoms with Gasteiger partial charge in [-0.15, -0.1) is 0 Å². The Balaban J connectivity index is 2.15. The third kappa shape index (κ3) is 3.11. The Morgan fingerprint density at radius 3 is 2.50 bits per heavy atom. The molecule has 12 heavy (non-hydrogen) atoms. The molecule has 2 nitrogen and oxygen atoms in total. The van der Waals surface area contributed by atoms with Crippen molar-refractivity contribution in [3.8, 4) is 0 Å². The quantitative estimate of drug-likeness (QED) is 0.687. The summed E-state index contributed by atoms with van der Waals surface area (Å²) in [7, 11) is 0. The Kier molecular flexibility index (Phi) is 4.62. The minimum Gasteiger partial charge on any atom is -0.315 e. The number of piperidine rings is 1. The summed E-state index contributed by atoms with van der Waals surface area (Å²) in [5.74, 6) is 0. The van der Waals surface area contributed by atoms with Gasteiger partial charge in [-0.05, 0) is 39.4 Å². The molecular weight excluding hydrogens is 148 g/mol. The fraction of sp³-hybridized carbons (Fsp3) is 1.00. The smallest absolute Gasteiger partial charge is 0.0192 e. The van der Waals surface area contributed by atoms with E-state index >= 15 is 0 Å². The van der Waals surface area contributed by atoms with Gasteiger partial charge in [0, 0.05) is 12.6 Å². The van der Waals surface area contributed by atoms with Gasteiger partial charge in [0.05, 0.1) is 0 Å². The van der Waals surface area contributed by atoms with Crippen molar-refractivity contribution in [1.29, 1.82) is 0 Å². The maximum absolute atomic E-state index is 3.40. The van der Waals surface area contributed by atoms with Crippen LogP contribution in [0.2, 0.25) is 0 Å². The van der Waals surface area contributed by atoms with Crippen LogP contribution >= 0.6 is 0 Å². The van der Waals surface area contributed by atoms with Gasteiger partial charge in [-0.1, -0.05) is 13.3 Å². The summed E-state index contributed by atoms with van der Waals surface area (Å²) in [6, 6.07) is 0.727. The van der Waals surface area contributed by atoms with Crippen LogP contribution in [0.25, 0.3) is 0 Å². The van der Waals surface area contributed by atoms with Crippen LogP contribution in [0.4, 0.5) is 0 Å². The number of likely N-dealkylation sites (tertiary alicyclic amines) is 1. The second-order valence-corrected chi connectivity index (χ2v) is 3.75. The Morgan fingerprint density at radius 1 is 1.25 bits per heavy atom. The first-order chi connectivity index (χ1) is 5.84. The van der Waals surface area contributed by atoms with E-state index in [0.29, 0.717) is 0 Å². The molecule has 0 bridgehead atoms. The summed E-state index contributed by atoms with van der Waals surface area (Å²) in [5.41, 5.74) is 0. The van der Waals surface area contributed by atoms with Crippen LogP contribution in [0.3, 0.4) is 0 Å². The Morgan fingerprint density at radius 2 is 1.92 bits per heavy atom. The zero-order valence-electron chi connectivity index (χ0n) is 8.47. The van der Waals surface area contributed by atoms with Crippen LogP contribution in [0.5, 0.6) is 0 Å². The normalized spacial score (nSPS) is 22.5. The summed E-state index contributed by atoms with van der Waals surface area (Å²) in [6.07, 6.45) is 4.23. The number of rotatable bonds is 4. The third-order valence-electron chi connectivity index (χ3n) is 2.70. The molecule has 0 aliphatic carbocycles. The highest BCUT2D eigenvalue weighted by atomic mass is 15.2. The van der Waals surface area contributed by atoms with Crippen molar-refractivity contribution in [1.82, 2.24) is 10.2 Å². The average Bonchev–Trinajstić information content (AvgIpc) is 2.15. The lowest BCUT2D eigenvalue weighted by Gasteiger charge is -2.32. The lowest BCUT2D eigenvalue weighted by Crippen LogP contribution is -2.43. The maximum atomic E-state index is 3.40. The second kappa shape index (κ2) is 5.55. The fourth-order valence-corrected chi connectivity index (χ4v) is 1.84. The van der Waals surface area contributed by atoms with Crippen molar-refractivity contribution in [2.24, 2.45) is 0 Å². The Hall–Kier alpha value is -0.0800. The van der Waals surface area contributed by atoms with Crippen LogP contribution in [0, 0.1) is 0 Å². The minimum absolute atomic E-state index is 0.727. The molecule has 2 heteroatoms. The summed E-state index contributed by atoms with van der Waals surface area (Å²) in [4.78, 5) is 2.60. The molecule has 72 valence electrons. The molecule has 1 saturated heterocycles. The third-order valence-corrected chi connectivity index (χ3v) is 2.70. The van der Waals surface area contributed by atoms with E-state index in [0.717, 1.165) is 19.1 Å². The lowest BCUT2D eigenvalue weighted by molar-refractivity contribution is 0.171. The van der Waals surface area contributed by atoms with Crippen molar-refractivity contribution < 1.29 is 0 Å². The van der Waals surface area contributed by atoms with Crippen LogP contribution in [-0.2, 0) is 0 Å². The molecular formula is C10H22N2. The van der Waals surface area contributed by atoms with Gasteiger partial charge < -0.3 is 5.32 Å². The molecule has 0 saturated carbocycles. The topological polar surface area (TPSA) is 15.3 Å². The van der Waals surface area contributed by atoms with Gasteiger partial charge in [0.25, 0.3) is 0 Å². The standard InChI is InChI=1S/C10H22N2/c1-3-11-9-10(2)12-7-5-4-6-8-12/h10-11H,3-9H2,1-2H3. The van der Waals surface area contributed by atoms with E-state index in [2.05, 4.69) is 24.1 Å². The monoisotopic (exact) mass is 170 g/mol. The van der Waals surface area contributed by atoms with E-state index in [-0.39, 0.29) is 0 Å². The molecule has 0 amide bonds. The number of hydrogen-bond acceptors (Lipinski definition) is 2. The molecule has 0 aromatic heterocycles. The first kappa shape index (κ1) is 10.0. The number of nitrogens with zero attached hydrogens (tertiary/aromatic N) is 1. The van der Waals surface area contributed by atoms with Crippen molar-refractivity contribution >= 4 is 0 Å². The Labute approximate surface area is 76.3 Å². The molecule has 0 radical (unpaired) electrons. The van der Waals surface area contributed by atoms with Gasteiger partial charge in [-0.2, -0.15) is 0 Å². The summed E-state index contributed by atoms with van der Waals surface area (Å²) in [6.45, 7) is 9.37. The fourth-order valence-electron chi connectivity index (χ4n) is 1.84. The van der Waals surface area contributed by atoms with Crippen molar-refractivity contribution in [3.63, 3.8) is 0 Å². The van der Waals surface area contributed by atoms with Crippen LogP contribution in [0.15, 0.2) is 0 Å². The van der Waals surface area contributed by atoms with Crippen LogP contribution in [0.1, 0.15) is 33.1 Å². The predicted octanol–water partition coefficient (Wildman–Crippen LogP) is 1.47. The van der Waals surface area contributed by atoms with Crippen LogP contribution < -0.4 is 5.32 Å². The largest absolute Gasteiger partial charge is 0.315 e. The molecule has 1 rings (SSSR count). The molecule has 1 atom stereocenters. The SMILES string of the molecule is CCNCC(C)N1CCCCC1. The van der Waals surface area contributed by atoms with E-state index in [1.165, 1.54) is 32.4 Å². The number of likely N-dealkylation sites (N-methyl/N-ethyl adjacent to an activating group) is 1. The van der Waals surface area contributed by atoms with Crippen molar-refractivity contribution in [3.05, 3.63) is 0 Å². The highest BCUT2D eigenvalue weighted by Crippen LogP contribution is 2.11. The molecule has 0 aromatic rings. The number of hydrogen-bond donors (Lipinski definition) is 1. The van der Waals surface area contributed by atoms with Gasteiger partial charge in [0.1, 0.15) is 0 Å². The van der Waals surface area contributed by atoms with Crippen molar-refractivity contribution in [2.75, 3.05) is 26.2 Å². The minimum atomic E-state index is 0.727. The van der Waals surface area contributed by atoms with Gasteiger partial charge in [0.2, 0.25) is 0 Å². The van der Waals surface area contributed by atoms with E-state index in [1.807, 2.05) is 0 Å². The summed E-state index contributed by atoms with van der Waals surface area (Å²) >= 11 is 0. The highest BCUT2D eigenvalue weighted by molar-refractivity contribution is 4.72. The molecule has 1 N–H and O–H groups in total. The zero-order chi connectivity index (χ0) is 8.81. The van der Waals surface area contributed by atoms with Crippen LogP contribution in [-0.4, -0.2) is 37.1 Å². The van der Waals surface area contributed by atoms with E-state index < -0.39 is 0 Å². The molecule has 0 spiro atoms. The molecule has 0 aromatic carbocycles. The maximum Gasteiger partial charge on any atom is 0.0192 e. The van der Waals surface area contributed by atoms with E-state index in [4.69, 9.17) is 0 Å². The molecule has 1 aliphatic rings. The lowest BCUT2D eigenvalue weighted by atomic mass is 10.1. The van der Waals surface area contributed by atoms with Gasteiger partial charge in [-0.3, -0.25) is 4.90 Å². The first-order valence-electron chi connectivity index (χ1n) is 5.29. The molecule has 1 fully saturated rings. The van der Waals surface area contributed by atoms with Crippen molar-refractivity contribution in [2.45, 2.75) is 39.2 Å². The van der Waals surface area contributed by atoms with E-state index in [9.17, 15) is 0 Å². The molecule has 1 aliphatic heterocycles. The van der Waals surface area contributed by atoms with Gasteiger partial charge in [0.15, 0.2) is 0 Å². The average molecular weight is 170 g/mol. The van der Waals surface area contributed by atoms with Gasteiger partial charge >= 0.3 is 0 Å². The van der Waals surface area contributed by atoms with Gasteiger partial charge in [-0.25, -0.2) is 0 Å². The second-order valence-electron chi connectivity index (χ2n) is 3.75. The number of nitrogens with one attached hydrogen (secondary N) is 1. The highest BCUT2D eigenvalue weighted by Gasteiger charge is 2.15. The predicted molar refractivity (Wildman–Crippen MR) is 53.4 cm³/mol. The molecule has 1 heterocycles. The summed E-state index contributed by atoms with van der Waals surface area (Å²) < 4.78 is 0. The Bertz CT molecular complexity index is 108. The summed E-state index contributed by atoms with van der Waals surface area (Å²) in [5, 5.41) is 3.40.